The van der Waals surface area contributed by atoms with Crippen molar-refractivity contribution in [1.82, 2.24) is 0 Å². The van der Waals surface area contributed by atoms with Gasteiger partial charge in [0.2, 0.25) is 0 Å². The number of aliphatic hydroxyl groups is 1. The molecule has 0 unspecified atom stereocenters. The highest BCUT2D eigenvalue weighted by atomic mass is 16.4. The van der Waals surface area contributed by atoms with E-state index in [0.717, 1.165) is 36.7 Å². The van der Waals surface area contributed by atoms with Crippen molar-refractivity contribution in [3.05, 3.63) is 0 Å². The third kappa shape index (κ3) is 24.6. The SMILES string of the molecule is CCCCCCCC(=O)[O-].C[N+](C)(C)CCCO. The molecule has 0 aromatic rings. The van der Waals surface area contributed by atoms with Crippen molar-refractivity contribution in [2.45, 2.75) is 51.9 Å². The second-order valence-electron chi connectivity index (χ2n) is 5.63. The van der Waals surface area contributed by atoms with Crippen LogP contribution in [0.25, 0.3) is 0 Å². The Kier molecular flexibility index (Phi) is 14.1. The summed E-state index contributed by atoms with van der Waals surface area (Å²) < 4.78 is 0.945. The van der Waals surface area contributed by atoms with Gasteiger partial charge in [-0.15, -0.1) is 0 Å². The second kappa shape index (κ2) is 12.8. The summed E-state index contributed by atoms with van der Waals surface area (Å²) in [6.07, 6.45) is 6.51. The van der Waals surface area contributed by atoms with Crippen LogP contribution in [0.3, 0.4) is 0 Å². The van der Waals surface area contributed by atoms with E-state index in [1.165, 1.54) is 12.8 Å². The van der Waals surface area contributed by atoms with Crippen LogP contribution in [-0.2, 0) is 4.79 Å². The first kappa shape index (κ1) is 19.7. The lowest BCUT2D eigenvalue weighted by atomic mass is 10.1. The van der Waals surface area contributed by atoms with E-state index in [1.807, 2.05) is 0 Å². The number of carboxylic acids is 1. The summed E-state index contributed by atoms with van der Waals surface area (Å²) in [5, 5.41) is 18.3. The Morgan fingerprint density at radius 3 is 1.94 bits per heavy atom. The minimum atomic E-state index is -0.920. The summed E-state index contributed by atoms with van der Waals surface area (Å²) in [7, 11) is 6.36. The van der Waals surface area contributed by atoms with E-state index in [9.17, 15) is 9.90 Å². The number of aliphatic carboxylic acids is 1. The molecular weight excluding hydrogens is 230 g/mol. The Balaban J connectivity index is 0. The van der Waals surface area contributed by atoms with Crippen LogP contribution >= 0.6 is 0 Å². The summed E-state index contributed by atoms with van der Waals surface area (Å²) >= 11 is 0. The third-order valence-electron chi connectivity index (χ3n) is 2.47. The van der Waals surface area contributed by atoms with Crippen LogP contribution in [-0.4, -0.2) is 49.9 Å². The van der Waals surface area contributed by atoms with Gasteiger partial charge in [0.1, 0.15) is 0 Å². The summed E-state index contributed by atoms with van der Waals surface area (Å²) in [6, 6.07) is 0. The highest BCUT2D eigenvalue weighted by Crippen LogP contribution is 2.03. The molecule has 0 radical (unpaired) electrons. The molecule has 0 aromatic heterocycles. The molecule has 0 aliphatic carbocycles. The number of hydrogen-bond donors (Lipinski definition) is 1. The minimum Gasteiger partial charge on any atom is -0.550 e. The van der Waals surface area contributed by atoms with Crippen molar-refractivity contribution in [1.29, 1.82) is 0 Å². The van der Waals surface area contributed by atoms with Crippen LogP contribution in [0.4, 0.5) is 0 Å². The van der Waals surface area contributed by atoms with Crippen molar-refractivity contribution >= 4 is 5.97 Å². The van der Waals surface area contributed by atoms with Crippen molar-refractivity contribution in [3.8, 4) is 0 Å². The molecule has 0 amide bonds. The molecule has 0 heterocycles. The van der Waals surface area contributed by atoms with Gasteiger partial charge in [0.05, 0.1) is 27.7 Å². The molecule has 0 saturated carbocycles. The number of carbonyl (C=O) groups excluding carboxylic acids is 1. The molecule has 0 aliphatic rings. The predicted octanol–water partition coefficient (Wildman–Crippen LogP) is 1.17. The lowest BCUT2D eigenvalue weighted by Crippen LogP contribution is -2.35. The molecule has 0 saturated heterocycles. The van der Waals surface area contributed by atoms with Crippen molar-refractivity contribution in [3.63, 3.8) is 0 Å². The quantitative estimate of drug-likeness (QED) is 0.501. The van der Waals surface area contributed by atoms with Crippen LogP contribution in [0.15, 0.2) is 0 Å². The van der Waals surface area contributed by atoms with E-state index in [2.05, 4.69) is 28.1 Å². The van der Waals surface area contributed by atoms with E-state index in [4.69, 9.17) is 5.11 Å². The Labute approximate surface area is 112 Å². The first-order valence-corrected chi connectivity index (χ1v) is 6.94. The van der Waals surface area contributed by atoms with Crippen molar-refractivity contribution in [2.75, 3.05) is 34.3 Å². The molecule has 1 N–H and O–H groups in total. The Bertz CT molecular complexity index is 188. The number of nitrogens with zero attached hydrogens (tertiary/aromatic N) is 1. The molecule has 0 atom stereocenters. The molecule has 18 heavy (non-hydrogen) atoms. The first-order valence-electron chi connectivity index (χ1n) is 6.94. The zero-order valence-electron chi connectivity index (χ0n) is 12.6. The number of rotatable bonds is 9. The van der Waals surface area contributed by atoms with Gasteiger partial charge < -0.3 is 19.5 Å². The lowest BCUT2D eigenvalue weighted by Gasteiger charge is -2.22. The molecule has 0 rings (SSSR count). The zero-order valence-corrected chi connectivity index (χ0v) is 12.6. The number of carbonyl (C=O) groups is 1. The highest BCUT2D eigenvalue weighted by molar-refractivity contribution is 5.63. The predicted molar refractivity (Wildman–Crippen MR) is 73.0 cm³/mol. The minimum absolute atomic E-state index is 0.226. The maximum atomic E-state index is 9.92. The first-order chi connectivity index (χ1) is 8.33. The van der Waals surface area contributed by atoms with Gasteiger partial charge in [-0.2, -0.15) is 0 Å². The average Bonchev–Trinajstić information content (AvgIpc) is 2.25. The number of hydrogen-bond acceptors (Lipinski definition) is 3. The number of unbranched alkanes of at least 4 members (excludes halogenated alkanes) is 4. The number of quaternary nitrogens is 1. The fraction of sp³-hybridized carbons (Fsp3) is 0.929. The van der Waals surface area contributed by atoms with E-state index < -0.39 is 5.97 Å². The molecule has 0 aromatic carbocycles. The van der Waals surface area contributed by atoms with Crippen LogP contribution in [0.2, 0.25) is 0 Å². The van der Waals surface area contributed by atoms with Gasteiger partial charge in [0.15, 0.2) is 0 Å². The molecule has 4 heteroatoms. The zero-order chi connectivity index (χ0) is 14.4. The van der Waals surface area contributed by atoms with Crippen LogP contribution in [0.1, 0.15) is 51.9 Å². The largest absolute Gasteiger partial charge is 0.550 e. The van der Waals surface area contributed by atoms with Gasteiger partial charge in [0, 0.05) is 19.0 Å². The Morgan fingerprint density at radius 1 is 1.06 bits per heavy atom. The highest BCUT2D eigenvalue weighted by Gasteiger charge is 2.03. The van der Waals surface area contributed by atoms with E-state index >= 15 is 0 Å². The van der Waals surface area contributed by atoms with Gasteiger partial charge in [-0.3, -0.25) is 0 Å². The number of aliphatic hydroxyl groups excluding tert-OH is 1. The fourth-order valence-corrected chi connectivity index (χ4v) is 1.42. The van der Waals surface area contributed by atoms with E-state index in [-0.39, 0.29) is 6.42 Å². The molecular formula is C14H31NO3. The monoisotopic (exact) mass is 261 g/mol. The second-order valence-corrected chi connectivity index (χ2v) is 5.63. The third-order valence-corrected chi connectivity index (χ3v) is 2.47. The van der Waals surface area contributed by atoms with Gasteiger partial charge in [-0.25, -0.2) is 0 Å². The fourth-order valence-electron chi connectivity index (χ4n) is 1.42. The molecule has 0 aliphatic heterocycles. The summed E-state index contributed by atoms with van der Waals surface area (Å²) in [5.41, 5.74) is 0. The maximum Gasteiger partial charge on any atom is 0.0802 e. The van der Waals surface area contributed by atoms with Gasteiger partial charge in [-0.05, 0) is 12.8 Å². The van der Waals surface area contributed by atoms with E-state index in [1.54, 1.807) is 0 Å². The Morgan fingerprint density at radius 2 is 1.61 bits per heavy atom. The standard InChI is InChI=1S/C8H16O2.C6H16NO/c1-2-3-4-5-6-7-8(9)10;1-7(2,3)5-4-6-8/h2-7H2,1H3,(H,9,10);8H,4-6H2,1-3H3/q;+1/p-1. The van der Waals surface area contributed by atoms with Gasteiger partial charge in [-0.1, -0.05) is 32.6 Å². The van der Waals surface area contributed by atoms with Gasteiger partial charge >= 0.3 is 0 Å². The lowest BCUT2D eigenvalue weighted by molar-refractivity contribution is -0.870. The molecule has 110 valence electrons. The summed E-state index contributed by atoms with van der Waals surface area (Å²) in [6.45, 7) is 3.50. The van der Waals surface area contributed by atoms with Crippen molar-refractivity contribution < 1.29 is 19.5 Å². The molecule has 0 fully saturated rings. The molecule has 0 bridgehead atoms. The van der Waals surface area contributed by atoms with Crippen molar-refractivity contribution in [2.24, 2.45) is 0 Å². The van der Waals surface area contributed by atoms with Gasteiger partial charge in [0.25, 0.3) is 0 Å². The number of carboxylic acid groups (broad SMARTS) is 1. The molecule has 0 spiro atoms. The summed E-state index contributed by atoms with van der Waals surface area (Å²) in [4.78, 5) is 9.92. The topological polar surface area (TPSA) is 60.4 Å². The average molecular weight is 261 g/mol. The van der Waals surface area contributed by atoms with Crippen LogP contribution in [0, 0.1) is 0 Å². The normalized spacial score (nSPS) is 10.7. The smallest absolute Gasteiger partial charge is 0.0802 e. The summed E-state index contributed by atoms with van der Waals surface area (Å²) in [5.74, 6) is -0.920. The van der Waals surface area contributed by atoms with Crippen LogP contribution in [0.5, 0.6) is 0 Å². The maximum absolute atomic E-state index is 9.92. The molecule has 4 nitrogen and oxygen atoms in total. The Hall–Kier alpha value is -0.610. The van der Waals surface area contributed by atoms with E-state index in [0.29, 0.717) is 6.61 Å². The van der Waals surface area contributed by atoms with Crippen LogP contribution < -0.4 is 5.11 Å².